The van der Waals surface area contributed by atoms with Crippen molar-refractivity contribution in [2.24, 2.45) is 22.7 Å². The molecule has 5 rings (SSSR count). The lowest BCUT2D eigenvalue weighted by Gasteiger charge is -2.67. The second-order valence-corrected chi connectivity index (χ2v) is 15.5. The van der Waals surface area contributed by atoms with E-state index in [9.17, 15) is 39.8 Å². The number of ketones is 1. The van der Waals surface area contributed by atoms with Gasteiger partial charge in [-0.05, 0) is 88.3 Å². The quantitative estimate of drug-likeness (QED) is 0.0988. The number of benzene rings is 1. The molecule has 8 atom stereocenters. The van der Waals surface area contributed by atoms with E-state index in [2.05, 4.69) is 0 Å². The molecule has 0 heterocycles. The number of Topliss-reactive ketones (excluding diaryl/α,β-unsaturated/α-hetero) is 1. The molecule has 1 aromatic rings. The Morgan fingerprint density at radius 3 is 2.39 bits per heavy atom. The minimum absolute atomic E-state index is 0.0117. The fourth-order valence-corrected chi connectivity index (χ4v) is 9.31. The van der Waals surface area contributed by atoms with Crippen molar-refractivity contribution in [3.63, 3.8) is 0 Å². The molecule has 4 aliphatic rings. The number of esters is 2. The first kappa shape index (κ1) is 36.9. The number of hydrogen-bond acceptors (Lipinski definition) is 10. The van der Waals surface area contributed by atoms with Crippen molar-refractivity contribution >= 4 is 41.1 Å². The Morgan fingerprint density at radius 2 is 1.76 bits per heavy atom. The minimum Gasteiger partial charge on any atom is -0.459 e. The number of aliphatic hydroxyl groups is 3. The van der Waals surface area contributed by atoms with Gasteiger partial charge in [-0.15, -0.1) is 0 Å². The molecule has 49 heavy (non-hydrogen) atoms. The van der Waals surface area contributed by atoms with Gasteiger partial charge in [0.2, 0.25) is 0 Å². The molecule has 1 aromatic carbocycles. The highest BCUT2D eigenvalue weighted by Crippen LogP contribution is 2.71. The van der Waals surface area contributed by atoms with Gasteiger partial charge in [0.1, 0.15) is 34.0 Å². The topological polar surface area (TPSA) is 174 Å². The summed E-state index contributed by atoms with van der Waals surface area (Å²) in [6.45, 7) is 10.5. The fourth-order valence-electron chi connectivity index (χ4n) is 9.12. The van der Waals surface area contributed by atoms with Crippen molar-refractivity contribution in [3.05, 3.63) is 68.3 Å². The Bertz CT molecular complexity index is 1670. The molecule has 11 nitrogen and oxygen atoms in total. The summed E-state index contributed by atoms with van der Waals surface area (Å²) in [6, 6.07) is 4.20. The van der Waals surface area contributed by atoms with Gasteiger partial charge in [0.05, 0.1) is 10.3 Å². The zero-order valence-electron chi connectivity index (χ0n) is 28.8. The summed E-state index contributed by atoms with van der Waals surface area (Å²) in [5.41, 5.74) is -6.27. The average Bonchev–Trinajstić information content (AvgIpc) is 3.26. The molecule has 3 saturated carbocycles. The van der Waals surface area contributed by atoms with E-state index in [4.69, 9.17) is 21.1 Å². The number of nitrogens with zero attached hydrogens (tertiary/aromatic N) is 1. The molecule has 0 aliphatic heterocycles. The molecular formula is C37H46ClNO10. The molecule has 0 bridgehead atoms. The van der Waals surface area contributed by atoms with E-state index in [1.165, 1.54) is 37.3 Å². The van der Waals surface area contributed by atoms with Crippen molar-refractivity contribution < 1.29 is 44.1 Å². The molecule has 3 fully saturated rings. The first-order valence-corrected chi connectivity index (χ1v) is 17.2. The number of rotatable bonds is 8. The largest absolute Gasteiger partial charge is 0.459 e. The highest BCUT2D eigenvalue weighted by atomic mass is 35.5. The molecule has 1 unspecified atom stereocenters. The number of ether oxygens (including phenoxy) is 2. The lowest BCUT2D eigenvalue weighted by molar-refractivity contribution is -0.384. The van der Waals surface area contributed by atoms with Crippen molar-refractivity contribution in [2.75, 3.05) is 0 Å². The molecule has 0 amide bonds. The summed E-state index contributed by atoms with van der Waals surface area (Å²) < 4.78 is 11.9. The summed E-state index contributed by atoms with van der Waals surface area (Å²) in [7, 11) is 0. The number of carbonyl (C=O) groups is 3. The van der Waals surface area contributed by atoms with Gasteiger partial charge in [-0.1, -0.05) is 55.7 Å². The Balaban J connectivity index is 1.42. The molecular weight excluding hydrogens is 654 g/mol. The van der Waals surface area contributed by atoms with Gasteiger partial charge in [-0.3, -0.25) is 14.9 Å². The zero-order chi connectivity index (χ0) is 36.3. The van der Waals surface area contributed by atoms with Crippen LogP contribution < -0.4 is 0 Å². The second kappa shape index (κ2) is 12.7. The van der Waals surface area contributed by atoms with Crippen LogP contribution in [0.3, 0.4) is 0 Å². The van der Waals surface area contributed by atoms with E-state index in [-0.39, 0.29) is 42.3 Å². The van der Waals surface area contributed by atoms with Crippen molar-refractivity contribution in [3.8, 4) is 0 Å². The van der Waals surface area contributed by atoms with Crippen LogP contribution in [0, 0.1) is 32.8 Å². The summed E-state index contributed by atoms with van der Waals surface area (Å²) in [4.78, 5) is 49.7. The third kappa shape index (κ3) is 5.76. The van der Waals surface area contributed by atoms with Crippen LogP contribution >= 0.6 is 11.6 Å². The van der Waals surface area contributed by atoms with Gasteiger partial charge in [-0.25, -0.2) is 9.59 Å². The first-order valence-electron chi connectivity index (χ1n) is 16.8. The highest BCUT2D eigenvalue weighted by Gasteiger charge is 2.81. The summed E-state index contributed by atoms with van der Waals surface area (Å²) in [6.07, 6.45) is 5.59. The van der Waals surface area contributed by atoms with Gasteiger partial charge in [-0.2, -0.15) is 0 Å². The molecule has 12 heteroatoms. The van der Waals surface area contributed by atoms with Crippen molar-refractivity contribution in [1.29, 1.82) is 0 Å². The molecule has 0 spiro atoms. The van der Waals surface area contributed by atoms with E-state index >= 15 is 0 Å². The third-order valence-electron chi connectivity index (χ3n) is 12.5. The molecule has 266 valence electrons. The highest BCUT2D eigenvalue weighted by molar-refractivity contribution is 6.32. The molecule has 4 aliphatic carbocycles. The van der Waals surface area contributed by atoms with Crippen LogP contribution in [-0.2, 0) is 23.9 Å². The maximum atomic E-state index is 13.3. The smallest absolute Gasteiger partial charge is 0.331 e. The SMILES string of the molecule is CC(=O)[C@]1(O)CC[C@@]2(O)[C@]1(C)[C@H](OC(=O)/C=C(\C)C(C)C)CC1[C@@]3(C)CC[C@H](OC(=O)/C=C/c4ccc(Cl)c([N+](=O)[O-])c4)CC3=CC[C@]12O. The van der Waals surface area contributed by atoms with E-state index < -0.39 is 68.4 Å². The summed E-state index contributed by atoms with van der Waals surface area (Å²) in [5.74, 6) is -2.35. The zero-order valence-corrected chi connectivity index (χ0v) is 29.6. The Morgan fingerprint density at radius 1 is 1.06 bits per heavy atom. The van der Waals surface area contributed by atoms with Crippen molar-refractivity contribution in [2.45, 2.75) is 115 Å². The average molecular weight is 700 g/mol. The van der Waals surface area contributed by atoms with Crippen LogP contribution in [0.5, 0.6) is 0 Å². The lowest BCUT2D eigenvalue weighted by atomic mass is 9.42. The molecule has 0 aromatic heterocycles. The molecule has 0 saturated heterocycles. The van der Waals surface area contributed by atoms with Crippen LogP contribution in [0.1, 0.15) is 92.1 Å². The van der Waals surface area contributed by atoms with E-state index in [0.717, 1.165) is 11.1 Å². The number of halogens is 1. The van der Waals surface area contributed by atoms with Gasteiger partial charge in [0, 0.05) is 30.6 Å². The Kier molecular flexibility index (Phi) is 9.59. The number of nitro benzene ring substituents is 1. The van der Waals surface area contributed by atoms with Gasteiger partial charge in [0.25, 0.3) is 5.69 Å². The maximum Gasteiger partial charge on any atom is 0.331 e. The van der Waals surface area contributed by atoms with E-state index in [0.29, 0.717) is 24.8 Å². The third-order valence-corrected chi connectivity index (χ3v) is 12.8. The Labute approximate surface area is 291 Å². The second-order valence-electron chi connectivity index (χ2n) is 15.1. The standard InChI is InChI=1S/C37H46ClNO10/c1-21(2)22(3)17-32(42)49-30-20-29-33(5)13-12-26(48-31(41)10-8-24-7-9-27(38)28(18-24)39(46)47)19-25(33)11-14-36(29,44)37(45)16-15-35(43,23(4)40)34(30,37)6/h7-11,17-18,21,26,29-30,43-45H,12-16,19-20H2,1-6H3/b10-8+,22-17+/t26-,29?,30+,33-,34+,35+,36-,37+/m0/s1. The molecule has 0 radical (unpaired) electrons. The van der Waals surface area contributed by atoms with Crippen molar-refractivity contribution in [1.82, 2.24) is 0 Å². The Hall–Kier alpha value is -3.38. The lowest BCUT2D eigenvalue weighted by Crippen LogP contribution is -2.78. The molecule has 3 N–H and O–H groups in total. The number of allylic oxidation sites excluding steroid dienone is 1. The number of carbonyl (C=O) groups excluding carboxylic acids is 3. The van der Waals surface area contributed by atoms with Crippen LogP contribution in [0.15, 0.2) is 47.6 Å². The summed E-state index contributed by atoms with van der Waals surface area (Å²) in [5, 5.41) is 48.4. The maximum absolute atomic E-state index is 13.3. The monoisotopic (exact) mass is 699 g/mol. The first-order chi connectivity index (χ1) is 22.7. The van der Waals surface area contributed by atoms with Crippen LogP contribution in [0.2, 0.25) is 5.02 Å². The van der Waals surface area contributed by atoms with E-state index in [1.807, 2.05) is 33.8 Å². The van der Waals surface area contributed by atoms with E-state index in [1.54, 1.807) is 13.0 Å². The van der Waals surface area contributed by atoms with Crippen LogP contribution in [-0.4, -0.2) is 67.0 Å². The summed E-state index contributed by atoms with van der Waals surface area (Å²) >= 11 is 5.88. The predicted octanol–water partition coefficient (Wildman–Crippen LogP) is 5.81. The number of nitro groups is 1. The minimum atomic E-state index is -2.04. The normalized spacial score (nSPS) is 37.2. The number of hydrogen-bond donors (Lipinski definition) is 3. The van der Waals surface area contributed by atoms with Gasteiger partial charge < -0.3 is 24.8 Å². The number of fused-ring (bicyclic) bond motifs is 5. The van der Waals surface area contributed by atoms with Gasteiger partial charge >= 0.3 is 11.9 Å². The predicted molar refractivity (Wildman–Crippen MR) is 181 cm³/mol. The van der Waals surface area contributed by atoms with Crippen LogP contribution in [0.25, 0.3) is 6.08 Å². The van der Waals surface area contributed by atoms with Crippen LogP contribution in [0.4, 0.5) is 5.69 Å². The van der Waals surface area contributed by atoms with Gasteiger partial charge in [0.15, 0.2) is 5.78 Å². The fraction of sp³-hybridized carbons (Fsp3) is 0.595.